The summed E-state index contributed by atoms with van der Waals surface area (Å²) >= 11 is 1.66. The number of carbonyl (C=O) groups excluding carboxylic acids is 1. The summed E-state index contributed by atoms with van der Waals surface area (Å²) in [5, 5.41) is 4.10. The van der Waals surface area contributed by atoms with Crippen molar-refractivity contribution in [2.75, 3.05) is 11.1 Å². The number of aryl methyl sites for hydroxylation is 1. The Labute approximate surface area is 170 Å². The van der Waals surface area contributed by atoms with Crippen molar-refractivity contribution in [2.24, 2.45) is 5.92 Å². The van der Waals surface area contributed by atoms with Crippen LogP contribution in [0.1, 0.15) is 36.7 Å². The van der Waals surface area contributed by atoms with Crippen LogP contribution in [0, 0.1) is 12.8 Å². The van der Waals surface area contributed by atoms with Crippen LogP contribution in [0.2, 0.25) is 0 Å². The molecule has 28 heavy (non-hydrogen) atoms. The lowest BCUT2D eigenvalue weighted by Crippen LogP contribution is -2.01. The molecule has 0 bridgehead atoms. The summed E-state index contributed by atoms with van der Waals surface area (Å²) in [7, 11) is 0. The lowest BCUT2D eigenvalue weighted by Gasteiger charge is -2.11. The second-order valence-electron chi connectivity index (χ2n) is 7.25. The van der Waals surface area contributed by atoms with Gasteiger partial charge in [-0.2, -0.15) is 0 Å². The van der Waals surface area contributed by atoms with Gasteiger partial charge in [0.1, 0.15) is 5.82 Å². The molecule has 0 radical (unpaired) electrons. The van der Waals surface area contributed by atoms with Crippen LogP contribution in [0.3, 0.4) is 0 Å². The van der Waals surface area contributed by atoms with E-state index >= 15 is 0 Å². The summed E-state index contributed by atoms with van der Waals surface area (Å²) in [6, 6.07) is 17.7. The van der Waals surface area contributed by atoms with E-state index in [0.717, 1.165) is 33.7 Å². The summed E-state index contributed by atoms with van der Waals surface area (Å²) in [5.41, 5.74) is 4.76. The Hall–Kier alpha value is -2.66. The number of carbonyl (C=O) groups is 1. The van der Waals surface area contributed by atoms with Crippen molar-refractivity contribution in [3.05, 3.63) is 65.7 Å². The predicted molar refractivity (Wildman–Crippen MR) is 117 cm³/mol. The summed E-state index contributed by atoms with van der Waals surface area (Å²) in [6.07, 6.45) is 0. The molecule has 0 amide bonds. The maximum atomic E-state index is 11.5. The quantitative estimate of drug-likeness (QED) is 0.297. The van der Waals surface area contributed by atoms with E-state index in [1.54, 1.807) is 18.7 Å². The Morgan fingerprint density at radius 3 is 2.32 bits per heavy atom. The zero-order chi connectivity index (χ0) is 20.1. The fourth-order valence-electron chi connectivity index (χ4n) is 2.60. The van der Waals surface area contributed by atoms with Crippen LogP contribution >= 0.6 is 11.8 Å². The van der Waals surface area contributed by atoms with Crippen molar-refractivity contribution in [1.82, 2.24) is 9.97 Å². The Kier molecular flexibility index (Phi) is 6.47. The van der Waals surface area contributed by atoms with Gasteiger partial charge in [0, 0.05) is 28.6 Å². The molecule has 0 aliphatic carbocycles. The largest absolute Gasteiger partial charge is 0.340 e. The average Bonchev–Trinajstić information content (AvgIpc) is 2.67. The molecule has 1 N–H and O–H groups in total. The van der Waals surface area contributed by atoms with E-state index in [0.29, 0.717) is 11.5 Å². The minimum Gasteiger partial charge on any atom is -0.340 e. The number of hydrogen-bond donors (Lipinski definition) is 1. The summed E-state index contributed by atoms with van der Waals surface area (Å²) < 4.78 is 0. The smallest absolute Gasteiger partial charge is 0.190 e. The number of nitrogens with zero attached hydrogens (tertiary/aromatic N) is 2. The van der Waals surface area contributed by atoms with Gasteiger partial charge in [-0.1, -0.05) is 55.4 Å². The van der Waals surface area contributed by atoms with Crippen molar-refractivity contribution in [1.29, 1.82) is 0 Å². The van der Waals surface area contributed by atoms with E-state index in [1.807, 2.05) is 30.3 Å². The molecule has 144 valence electrons. The zero-order valence-electron chi connectivity index (χ0n) is 16.7. The highest BCUT2D eigenvalue weighted by atomic mass is 32.2. The molecule has 0 unspecified atom stereocenters. The minimum absolute atomic E-state index is 0.0580. The van der Waals surface area contributed by atoms with Gasteiger partial charge in [0.15, 0.2) is 10.9 Å². The van der Waals surface area contributed by atoms with Gasteiger partial charge < -0.3 is 5.32 Å². The number of hydrogen-bond acceptors (Lipinski definition) is 5. The minimum atomic E-state index is 0.0580. The number of nitrogens with one attached hydrogen (secondary N) is 1. The Morgan fingerprint density at radius 2 is 1.71 bits per heavy atom. The van der Waals surface area contributed by atoms with Crippen molar-refractivity contribution in [3.8, 4) is 11.3 Å². The van der Waals surface area contributed by atoms with Gasteiger partial charge in [-0.05, 0) is 44.0 Å². The Bertz CT molecular complexity index is 951. The van der Waals surface area contributed by atoms with E-state index in [4.69, 9.17) is 4.98 Å². The Morgan fingerprint density at radius 1 is 1.04 bits per heavy atom. The number of anilines is 2. The maximum Gasteiger partial charge on any atom is 0.190 e. The van der Waals surface area contributed by atoms with E-state index in [2.05, 4.69) is 55.3 Å². The van der Waals surface area contributed by atoms with Crippen molar-refractivity contribution < 1.29 is 4.79 Å². The lowest BCUT2D eigenvalue weighted by atomic mass is 10.1. The molecule has 0 fully saturated rings. The van der Waals surface area contributed by atoms with E-state index in [1.165, 1.54) is 5.56 Å². The maximum absolute atomic E-state index is 11.5. The first kappa shape index (κ1) is 20.1. The number of aromatic nitrogens is 2. The predicted octanol–water partition coefficient (Wildman–Crippen LogP) is 6.15. The monoisotopic (exact) mass is 391 g/mol. The highest BCUT2D eigenvalue weighted by Crippen LogP contribution is 2.27. The zero-order valence-corrected chi connectivity index (χ0v) is 17.5. The van der Waals surface area contributed by atoms with Crippen LogP contribution in [-0.4, -0.2) is 21.5 Å². The van der Waals surface area contributed by atoms with Crippen LogP contribution in [0.15, 0.2) is 59.8 Å². The third kappa shape index (κ3) is 5.42. The van der Waals surface area contributed by atoms with Gasteiger partial charge in [0.25, 0.3) is 0 Å². The normalized spacial score (nSPS) is 10.9. The van der Waals surface area contributed by atoms with Gasteiger partial charge in [0.05, 0.1) is 5.69 Å². The third-order valence-corrected chi connectivity index (χ3v) is 5.44. The molecule has 0 aliphatic rings. The molecular weight excluding hydrogens is 366 g/mol. The van der Waals surface area contributed by atoms with Gasteiger partial charge in [-0.15, -0.1) is 0 Å². The first-order valence-corrected chi connectivity index (χ1v) is 10.4. The summed E-state index contributed by atoms with van der Waals surface area (Å²) in [5.74, 6) is 2.33. The molecule has 0 atom stereocenters. The molecule has 0 aliphatic heterocycles. The molecular formula is C23H25N3OS. The van der Waals surface area contributed by atoms with Crippen LogP contribution in [-0.2, 0) is 0 Å². The van der Waals surface area contributed by atoms with E-state index in [9.17, 15) is 4.79 Å². The first-order valence-electron chi connectivity index (χ1n) is 9.37. The summed E-state index contributed by atoms with van der Waals surface area (Å²) in [4.78, 5) is 20.9. The number of rotatable bonds is 7. The fraction of sp³-hybridized carbons (Fsp3) is 0.261. The van der Waals surface area contributed by atoms with Crippen LogP contribution in [0.5, 0.6) is 0 Å². The van der Waals surface area contributed by atoms with Gasteiger partial charge in [0.2, 0.25) is 0 Å². The Balaban J connectivity index is 1.91. The first-order chi connectivity index (χ1) is 13.4. The average molecular weight is 392 g/mol. The van der Waals surface area contributed by atoms with Crippen molar-refractivity contribution in [2.45, 2.75) is 32.9 Å². The van der Waals surface area contributed by atoms with E-state index < -0.39 is 0 Å². The topological polar surface area (TPSA) is 54.9 Å². The van der Waals surface area contributed by atoms with Crippen LogP contribution < -0.4 is 5.32 Å². The number of ketones is 1. The molecule has 1 heterocycles. The third-order valence-electron chi connectivity index (χ3n) is 4.16. The van der Waals surface area contributed by atoms with Crippen LogP contribution in [0.25, 0.3) is 11.3 Å². The second-order valence-corrected chi connectivity index (χ2v) is 8.24. The van der Waals surface area contributed by atoms with E-state index in [-0.39, 0.29) is 5.78 Å². The molecule has 3 aromatic rings. The number of Topliss-reactive ketones (excluding diaryl/α,β-unsaturated/α-hetero) is 1. The molecule has 1 aromatic heterocycles. The molecule has 0 saturated carbocycles. The van der Waals surface area contributed by atoms with Gasteiger partial charge in [-0.3, -0.25) is 4.79 Å². The fourth-order valence-corrected chi connectivity index (χ4v) is 3.41. The van der Waals surface area contributed by atoms with Gasteiger partial charge in [-0.25, -0.2) is 9.97 Å². The molecule has 5 heteroatoms. The van der Waals surface area contributed by atoms with Crippen molar-refractivity contribution >= 4 is 29.1 Å². The number of benzene rings is 2. The summed E-state index contributed by atoms with van der Waals surface area (Å²) in [6.45, 7) is 8.02. The van der Waals surface area contributed by atoms with Gasteiger partial charge >= 0.3 is 0 Å². The molecule has 4 nitrogen and oxygen atoms in total. The van der Waals surface area contributed by atoms with Crippen LogP contribution in [0.4, 0.5) is 11.5 Å². The molecule has 2 aromatic carbocycles. The molecule has 0 saturated heterocycles. The highest BCUT2D eigenvalue weighted by molar-refractivity contribution is 7.99. The highest BCUT2D eigenvalue weighted by Gasteiger charge is 2.09. The SMILES string of the molecule is CC(=O)c1ccc(Nc2cc(-c3ccc(C)cc3)nc(SCC(C)C)n2)cc1. The lowest BCUT2D eigenvalue weighted by molar-refractivity contribution is 0.101. The number of thioether (sulfide) groups is 1. The standard InChI is InChI=1S/C23H25N3OS/c1-15(2)14-28-23-25-21(19-7-5-16(3)6-8-19)13-22(26-23)24-20-11-9-18(10-12-20)17(4)27/h5-13,15H,14H2,1-4H3,(H,24,25,26). The molecule has 3 rings (SSSR count). The van der Waals surface area contributed by atoms with Crippen molar-refractivity contribution in [3.63, 3.8) is 0 Å². The second kappa shape index (κ2) is 9.02. The molecule has 0 spiro atoms.